The number of phenols is 1. The average Bonchev–Trinajstić information content (AvgIpc) is 2.08. The number of phenolic OH excluding ortho intramolecular Hbond substituents is 1. The monoisotopic (exact) mass is 1230 g/mol. The lowest BCUT2D eigenvalue weighted by Crippen LogP contribution is -2.59. The Balaban J connectivity index is 1.30. The molecule has 0 aliphatic heterocycles. The second kappa shape index (κ2) is 31.8. The fourth-order valence-electron chi connectivity index (χ4n) is 9.06. The van der Waals surface area contributed by atoms with Crippen LogP contribution in [-0.2, 0) is 81.3 Å². The van der Waals surface area contributed by atoms with Gasteiger partial charge in [0.05, 0.1) is 23.7 Å². The topological polar surface area (TPSA) is 292 Å². The summed E-state index contributed by atoms with van der Waals surface area (Å²) in [6, 6.07) is 13.2. The summed E-state index contributed by atoms with van der Waals surface area (Å²) in [6.07, 6.45) is -7.24. The zero-order chi connectivity index (χ0) is 63.5. The number of benzene rings is 4. The van der Waals surface area contributed by atoms with Crippen LogP contribution in [-0.4, -0.2) is 118 Å². The van der Waals surface area contributed by atoms with Crippen LogP contribution in [0.1, 0.15) is 87.3 Å². The quantitative estimate of drug-likeness (QED) is 0.0190. The number of para-hydroxylation sites is 1. The number of alkyl halides is 6. The number of hydrogen-bond donors (Lipinski definition) is 10. The molecule has 0 saturated heterocycles. The molecule has 26 heteroatoms. The van der Waals surface area contributed by atoms with E-state index in [0.29, 0.717) is 45.5 Å². The van der Waals surface area contributed by atoms with Gasteiger partial charge in [0.1, 0.15) is 48.6 Å². The number of hydrogen-bond acceptors (Lipinski definition) is 12. The SMILES string of the molecule is CSCC[C@H](NC(=O)[C@H](Cc1ccccc1)NC(=O)CNC(=O)[C@@H](C)NC(=O)[C@@H](N)Cc1ccc(O)cc1)C(=O)N[C@H](CC(C)C)C(=O)N[C@@H](CC(C)C)C(=O)N[C@@H](Cc1c[nH]c2ccccc12)C(=O)OCc1cc(C(F)(F)F)cc(C(F)(F)F)c1. The normalized spacial score (nSPS) is 14.2. The summed E-state index contributed by atoms with van der Waals surface area (Å²) in [7, 11) is 0. The number of ether oxygens (including phenoxy) is 1. The summed E-state index contributed by atoms with van der Waals surface area (Å²) in [5.41, 5.74) is 4.58. The number of aromatic amines is 1. The lowest BCUT2D eigenvalue weighted by atomic mass is 9.99. The van der Waals surface area contributed by atoms with Gasteiger partial charge < -0.3 is 57.8 Å². The third-order valence-corrected chi connectivity index (χ3v) is 14.1. The van der Waals surface area contributed by atoms with Gasteiger partial charge in [-0.2, -0.15) is 38.1 Å². The Morgan fingerprint density at radius 2 is 1.10 bits per heavy atom. The van der Waals surface area contributed by atoms with Crippen LogP contribution in [0.4, 0.5) is 26.3 Å². The Kier molecular flexibility index (Phi) is 25.4. The number of halogens is 6. The third kappa shape index (κ3) is 21.7. The predicted octanol–water partition coefficient (Wildman–Crippen LogP) is 5.90. The molecule has 0 bridgehead atoms. The number of fused-ring (bicyclic) bond motifs is 1. The second-order valence-corrected chi connectivity index (χ2v) is 22.6. The molecular weight excluding hydrogens is 1150 g/mol. The van der Waals surface area contributed by atoms with Crippen molar-refractivity contribution in [2.24, 2.45) is 17.6 Å². The van der Waals surface area contributed by atoms with Gasteiger partial charge in [-0.25, -0.2) is 4.79 Å². The maximum atomic E-state index is 14.4. The molecule has 466 valence electrons. The summed E-state index contributed by atoms with van der Waals surface area (Å²) < 4.78 is 87.7. The molecule has 86 heavy (non-hydrogen) atoms. The Bertz CT molecular complexity index is 3090. The van der Waals surface area contributed by atoms with Crippen LogP contribution < -0.4 is 43.0 Å². The largest absolute Gasteiger partial charge is 0.508 e. The van der Waals surface area contributed by atoms with Gasteiger partial charge in [-0.15, -0.1) is 0 Å². The average molecular weight is 1230 g/mol. The fourth-order valence-corrected chi connectivity index (χ4v) is 9.53. The third-order valence-electron chi connectivity index (χ3n) is 13.5. The number of aromatic nitrogens is 1. The van der Waals surface area contributed by atoms with Gasteiger partial charge in [0.2, 0.25) is 41.4 Å². The van der Waals surface area contributed by atoms with Crippen molar-refractivity contribution in [1.29, 1.82) is 0 Å². The summed E-state index contributed by atoms with van der Waals surface area (Å²) in [6.45, 7) is 6.75. The minimum atomic E-state index is -5.18. The van der Waals surface area contributed by atoms with E-state index in [0.717, 1.165) is 0 Å². The van der Waals surface area contributed by atoms with E-state index in [1.165, 1.54) is 30.8 Å². The van der Waals surface area contributed by atoms with Gasteiger partial charge in [-0.05, 0) is 115 Å². The van der Waals surface area contributed by atoms with Gasteiger partial charge in [-0.3, -0.25) is 33.6 Å². The highest BCUT2D eigenvalue weighted by atomic mass is 32.2. The summed E-state index contributed by atoms with van der Waals surface area (Å²) in [5, 5.41) is 28.4. The first kappa shape index (κ1) is 68.6. The standard InChI is InChI=1S/C60H73F6N9O10S/c1-33(2)22-47(55(81)74-48(23-34(3)4)56(82)75-50(28-39-30-68-45-15-11-10-14-43(39)45)58(84)85-32-38-24-40(59(61,62)63)29-41(25-38)60(64,65)66)73-54(80)46(20-21-86-6)72-57(83)49(27-36-12-8-7-9-13-36)71-51(77)31-69-52(78)35(5)70-53(79)44(67)26-37-16-18-42(76)19-17-37/h7-19,24-25,29-30,33-35,44,46-50,68,76H,20-23,26-28,31-32,67H2,1-6H3,(H,69,78)(H,70,79)(H,71,77)(H,72,83)(H,73,80)(H,74,81)(H,75,82)/t35-,44+,46+,47-,48+,49+,50+/m1/s1. The molecule has 11 N–H and O–H groups in total. The number of carbonyl (C=O) groups excluding carboxylic acids is 8. The van der Waals surface area contributed by atoms with Crippen molar-refractivity contribution >= 4 is 70.0 Å². The molecule has 0 aliphatic rings. The van der Waals surface area contributed by atoms with Crippen LogP contribution in [0.5, 0.6) is 5.75 Å². The van der Waals surface area contributed by atoms with Crippen LogP contribution in [0.15, 0.2) is 103 Å². The number of aromatic hydroxyl groups is 1. The van der Waals surface area contributed by atoms with Crippen molar-refractivity contribution in [2.75, 3.05) is 18.6 Å². The second-order valence-electron chi connectivity index (χ2n) is 21.6. The molecule has 5 aromatic rings. The van der Waals surface area contributed by atoms with E-state index in [-0.39, 0.29) is 62.2 Å². The molecule has 0 spiro atoms. The van der Waals surface area contributed by atoms with Crippen molar-refractivity contribution in [3.8, 4) is 5.75 Å². The number of nitrogens with two attached hydrogens (primary N) is 1. The van der Waals surface area contributed by atoms with Gasteiger partial charge >= 0.3 is 18.3 Å². The van der Waals surface area contributed by atoms with Crippen molar-refractivity contribution in [3.63, 3.8) is 0 Å². The van der Waals surface area contributed by atoms with Gasteiger partial charge in [0.15, 0.2) is 0 Å². The Morgan fingerprint density at radius 3 is 1.67 bits per heavy atom. The first-order chi connectivity index (χ1) is 40.5. The van der Waals surface area contributed by atoms with E-state index in [9.17, 15) is 69.8 Å². The summed E-state index contributed by atoms with van der Waals surface area (Å²) in [5.74, 6) is -6.90. The van der Waals surface area contributed by atoms with Crippen LogP contribution in [0.3, 0.4) is 0 Å². The van der Waals surface area contributed by atoms with Crippen LogP contribution >= 0.6 is 11.8 Å². The molecule has 1 heterocycles. The van der Waals surface area contributed by atoms with E-state index >= 15 is 0 Å². The molecule has 19 nitrogen and oxygen atoms in total. The highest BCUT2D eigenvalue weighted by molar-refractivity contribution is 7.98. The van der Waals surface area contributed by atoms with Gasteiger partial charge in [0.25, 0.3) is 0 Å². The van der Waals surface area contributed by atoms with Gasteiger partial charge in [0, 0.05) is 29.9 Å². The highest BCUT2D eigenvalue weighted by Crippen LogP contribution is 2.36. The van der Waals surface area contributed by atoms with Crippen LogP contribution in [0.2, 0.25) is 0 Å². The maximum Gasteiger partial charge on any atom is 0.416 e. The van der Waals surface area contributed by atoms with Crippen LogP contribution in [0, 0.1) is 11.8 Å². The Morgan fingerprint density at radius 1 is 0.581 bits per heavy atom. The molecule has 0 fully saturated rings. The van der Waals surface area contributed by atoms with E-state index in [1.54, 1.807) is 107 Å². The van der Waals surface area contributed by atoms with Gasteiger partial charge in [-0.1, -0.05) is 88.4 Å². The first-order valence-electron chi connectivity index (χ1n) is 27.7. The minimum Gasteiger partial charge on any atom is -0.508 e. The molecule has 0 radical (unpaired) electrons. The van der Waals surface area contributed by atoms with E-state index in [4.69, 9.17) is 10.5 Å². The van der Waals surface area contributed by atoms with E-state index in [1.807, 2.05) is 0 Å². The molecule has 5 rings (SSSR count). The number of nitrogens with one attached hydrogen (secondary N) is 8. The van der Waals surface area contributed by atoms with Crippen molar-refractivity contribution < 1.29 is 74.5 Å². The highest BCUT2D eigenvalue weighted by Gasteiger charge is 2.38. The maximum absolute atomic E-state index is 14.4. The van der Waals surface area contributed by atoms with E-state index < -0.39 is 132 Å². The molecule has 0 unspecified atom stereocenters. The predicted molar refractivity (Wildman–Crippen MR) is 310 cm³/mol. The zero-order valence-electron chi connectivity index (χ0n) is 48.2. The number of rotatable bonds is 30. The number of amides is 7. The van der Waals surface area contributed by atoms with Crippen molar-refractivity contribution in [2.45, 2.75) is 134 Å². The fraction of sp³-hybridized carbons (Fsp3) is 0.433. The number of carbonyl (C=O) groups is 8. The molecule has 1 aromatic heterocycles. The number of thioether (sulfide) groups is 1. The summed E-state index contributed by atoms with van der Waals surface area (Å²) in [4.78, 5) is 114. The minimum absolute atomic E-state index is 0.0191. The molecule has 4 aromatic carbocycles. The first-order valence-corrected chi connectivity index (χ1v) is 29.1. The lowest BCUT2D eigenvalue weighted by molar-refractivity contribution is -0.149. The zero-order valence-corrected chi connectivity index (χ0v) is 49.1. The Hall–Kier alpha value is -8.13. The molecule has 0 aliphatic carbocycles. The molecular formula is C60H73F6N9O10S. The van der Waals surface area contributed by atoms with Crippen molar-refractivity contribution in [3.05, 3.63) is 137 Å². The Labute approximate surface area is 497 Å². The lowest BCUT2D eigenvalue weighted by Gasteiger charge is -2.28. The molecule has 0 saturated carbocycles. The smallest absolute Gasteiger partial charge is 0.416 e. The van der Waals surface area contributed by atoms with Crippen molar-refractivity contribution in [1.82, 2.24) is 42.2 Å². The molecule has 7 atom stereocenters. The van der Waals surface area contributed by atoms with E-state index in [2.05, 4.69) is 42.2 Å². The molecule has 7 amide bonds. The number of H-pyrrole nitrogens is 1. The number of esters is 1. The summed E-state index contributed by atoms with van der Waals surface area (Å²) >= 11 is 1.36. The van der Waals surface area contributed by atoms with Crippen LogP contribution in [0.25, 0.3) is 10.9 Å².